The number of H-pyrrole nitrogens is 3. The van der Waals surface area contributed by atoms with Crippen LogP contribution >= 0.6 is 24.4 Å². The quantitative estimate of drug-likeness (QED) is 0.456. The highest BCUT2D eigenvalue weighted by Crippen LogP contribution is 2.20. The molecule has 0 amide bonds. The fourth-order valence-electron chi connectivity index (χ4n) is 1.54. The van der Waals surface area contributed by atoms with Crippen LogP contribution in [0.1, 0.15) is 0 Å². The first-order valence-electron chi connectivity index (χ1n) is 4.42. The van der Waals surface area contributed by atoms with Gasteiger partial charge in [-0.3, -0.25) is 10.2 Å². The van der Waals surface area contributed by atoms with Gasteiger partial charge < -0.3 is 10.7 Å². The zero-order valence-corrected chi connectivity index (χ0v) is 9.50. The molecule has 0 unspecified atom stereocenters. The molecule has 80 valence electrons. The second kappa shape index (κ2) is 3.09. The van der Waals surface area contributed by atoms with Crippen LogP contribution in [-0.4, -0.2) is 25.1 Å². The minimum absolute atomic E-state index is 0.327. The van der Waals surface area contributed by atoms with Gasteiger partial charge in [-0.2, -0.15) is 4.98 Å². The van der Waals surface area contributed by atoms with Gasteiger partial charge in [-0.15, -0.1) is 0 Å². The number of hydrogen-bond acceptors (Lipinski definition) is 5. The highest BCUT2D eigenvalue weighted by atomic mass is 32.1. The number of pyridine rings is 1. The van der Waals surface area contributed by atoms with E-state index in [0.29, 0.717) is 26.5 Å². The Hall–Kier alpha value is -1.80. The molecule has 8 heteroatoms. The van der Waals surface area contributed by atoms with Crippen LogP contribution in [0.2, 0.25) is 0 Å². The van der Waals surface area contributed by atoms with E-state index < -0.39 is 0 Å². The Morgan fingerprint density at radius 1 is 1.12 bits per heavy atom. The molecule has 0 saturated carbocycles. The number of nitrogen functional groups attached to an aromatic ring is 1. The number of nitrogens with two attached hydrogens (primary N) is 1. The fourth-order valence-corrected chi connectivity index (χ4v) is 2.04. The molecule has 0 saturated heterocycles. The van der Waals surface area contributed by atoms with E-state index in [2.05, 4.69) is 25.1 Å². The number of nitrogens with zero attached hydrogens (tertiary/aromatic N) is 2. The lowest BCUT2D eigenvalue weighted by Crippen LogP contribution is -1.90. The first-order valence-corrected chi connectivity index (χ1v) is 5.24. The molecule has 3 rings (SSSR count). The number of fused-ring (bicyclic) bond motifs is 2. The molecule has 0 bridgehead atoms. The van der Waals surface area contributed by atoms with Crippen molar-refractivity contribution in [1.82, 2.24) is 25.1 Å². The second-order valence-electron chi connectivity index (χ2n) is 3.29. The minimum Gasteiger partial charge on any atom is -0.384 e. The normalized spacial score (nSPS) is 11.2. The maximum atomic E-state index is 5.74. The van der Waals surface area contributed by atoms with Crippen molar-refractivity contribution < 1.29 is 0 Å². The van der Waals surface area contributed by atoms with E-state index in [1.807, 2.05) is 6.07 Å². The maximum Gasteiger partial charge on any atom is 0.199 e. The third-order valence-electron chi connectivity index (χ3n) is 2.28. The predicted octanol–water partition coefficient (Wildman–Crippen LogP) is 1.81. The van der Waals surface area contributed by atoms with Crippen molar-refractivity contribution >= 4 is 52.3 Å². The van der Waals surface area contributed by atoms with Crippen LogP contribution in [0, 0.1) is 9.41 Å². The van der Waals surface area contributed by atoms with Crippen LogP contribution in [0.15, 0.2) is 6.07 Å². The van der Waals surface area contributed by atoms with Crippen molar-refractivity contribution in [2.75, 3.05) is 5.73 Å². The van der Waals surface area contributed by atoms with Gasteiger partial charge in [0.2, 0.25) is 0 Å². The van der Waals surface area contributed by atoms with E-state index in [-0.39, 0.29) is 0 Å². The summed E-state index contributed by atoms with van der Waals surface area (Å²) in [6.45, 7) is 0. The number of aromatic amines is 3. The lowest BCUT2D eigenvalue weighted by molar-refractivity contribution is 1.10. The molecule has 6 nitrogen and oxygen atoms in total. The van der Waals surface area contributed by atoms with Crippen molar-refractivity contribution in [3.05, 3.63) is 15.5 Å². The zero-order valence-electron chi connectivity index (χ0n) is 7.87. The average Bonchev–Trinajstić information content (AvgIpc) is 2.57. The van der Waals surface area contributed by atoms with Crippen molar-refractivity contribution in [3.63, 3.8) is 0 Å². The van der Waals surface area contributed by atoms with Crippen LogP contribution in [0.5, 0.6) is 0 Å². The van der Waals surface area contributed by atoms with Crippen molar-refractivity contribution in [2.45, 2.75) is 0 Å². The van der Waals surface area contributed by atoms with Gasteiger partial charge in [0.15, 0.2) is 16.1 Å². The Labute approximate surface area is 98.9 Å². The monoisotopic (exact) mass is 250 g/mol. The highest BCUT2D eigenvalue weighted by molar-refractivity contribution is 7.72. The molecular weight excluding hydrogens is 244 g/mol. The Morgan fingerprint density at radius 2 is 1.94 bits per heavy atom. The summed E-state index contributed by atoms with van der Waals surface area (Å²) in [5.74, 6) is 0.515. The van der Waals surface area contributed by atoms with Crippen LogP contribution in [0.4, 0.5) is 5.82 Å². The topological polar surface area (TPSA) is 99.2 Å². The molecule has 3 heterocycles. The van der Waals surface area contributed by atoms with Gasteiger partial charge >= 0.3 is 0 Å². The van der Waals surface area contributed by atoms with Crippen LogP contribution in [0.3, 0.4) is 0 Å². The van der Waals surface area contributed by atoms with Gasteiger partial charge in [0.05, 0.1) is 10.8 Å². The number of anilines is 1. The van der Waals surface area contributed by atoms with Gasteiger partial charge in [-0.05, 0) is 18.3 Å². The summed E-state index contributed by atoms with van der Waals surface area (Å²) in [5, 5.41) is 7.13. The summed E-state index contributed by atoms with van der Waals surface area (Å²) < 4.78 is 0.845. The standard InChI is InChI=1S/C8H6N6S2/c9-4-2-1-3-5(10-6(2)14-13-4)11-8(16)12-7(3)15/h1H,(H5,9,10,11,12,13,14,15,16). The zero-order chi connectivity index (χ0) is 11.3. The number of nitrogens with one attached hydrogen (secondary N) is 3. The molecule has 0 aliphatic rings. The first-order chi connectivity index (χ1) is 7.65. The number of rotatable bonds is 0. The molecule has 3 aromatic rings. The molecular formula is C8H6N6S2. The van der Waals surface area contributed by atoms with Crippen molar-refractivity contribution in [1.29, 1.82) is 0 Å². The van der Waals surface area contributed by atoms with Crippen LogP contribution < -0.4 is 5.73 Å². The van der Waals surface area contributed by atoms with Gasteiger partial charge in [0.25, 0.3) is 0 Å². The summed E-state index contributed by atoms with van der Waals surface area (Å²) in [6, 6.07) is 1.83. The predicted molar refractivity (Wildman–Crippen MR) is 66.2 cm³/mol. The lowest BCUT2D eigenvalue weighted by atomic mass is 10.2. The van der Waals surface area contributed by atoms with Gasteiger partial charge in [-0.1, -0.05) is 12.2 Å². The summed E-state index contributed by atoms with van der Waals surface area (Å²) >= 11 is 10.1. The Morgan fingerprint density at radius 3 is 2.75 bits per heavy atom. The molecule has 0 spiro atoms. The summed E-state index contributed by atoms with van der Waals surface area (Å²) in [4.78, 5) is 11.2. The molecule has 0 aliphatic heterocycles. The molecule has 0 atom stereocenters. The van der Waals surface area contributed by atoms with E-state index in [4.69, 9.17) is 30.2 Å². The third-order valence-corrected chi connectivity index (χ3v) is 2.80. The summed E-state index contributed by atoms with van der Waals surface area (Å²) in [7, 11) is 0. The molecule has 0 radical (unpaired) electrons. The Balaban J connectivity index is 2.63. The largest absolute Gasteiger partial charge is 0.384 e. The molecule has 0 aliphatic carbocycles. The summed E-state index contributed by atoms with van der Waals surface area (Å²) in [5.41, 5.74) is 6.88. The Bertz CT molecular complexity index is 811. The summed E-state index contributed by atoms with van der Waals surface area (Å²) in [6.07, 6.45) is 0. The lowest BCUT2D eigenvalue weighted by Gasteiger charge is -1.96. The highest BCUT2D eigenvalue weighted by Gasteiger charge is 2.06. The molecule has 0 fully saturated rings. The van der Waals surface area contributed by atoms with E-state index in [1.165, 1.54) is 0 Å². The third kappa shape index (κ3) is 1.24. The fraction of sp³-hybridized carbons (Fsp3) is 0. The van der Waals surface area contributed by atoms with E-state index in [9.17, 15) is 0 Å². The SMILES string of the molecule is Nc1[nH][nH]c2nc3nc(=S)[nH]c(=S)c3cc12. The van der Waals surface area contributed by atoms with Gasteiger partial charge in [-0.25, -0.2) is 4.98 Å². The van der Waals surface area contributed by atoms with Crippen LogP contribution in [-0.2, 0) is 0 Å². The molecule has 0 aromatic carbocycles. The number of aromatic nitrogens is 5. The number of hydrogen-bond donors (Lipinski definition) is 4. The average molecular weight is 250 g/mol. The minimum atomic E-state index is 0.327. The van der Waals surface area contributed by atoms with E-state index in [0.717, 1.165) is 10.8 Å². The van der Waals surface area contributed by atoms with E-state index >= 15 is 0 Å². The van der Waals surface area contributed by atoms with Crippen molar-refractivity contribution in [3.8, 4) is 0 Å². The smallest absolute Gasteiger partial charge is 0.199 e. The van der Waals surface area contributed by atoms with E-state index in [1.54, 1.807) is 0 Å². The van der Waals surface area contributed by atoms with Gasteiger partial charge in [0, 0.05) is 0 Å². The Kier molecular flexibility index (Phi) is 1.82. The second-order valence-corrected chi connectivity index (χ2v) is 4.09. The van der Waals surface area contributed by atoms with Crippen molar-refractivity contribution in [2.24, 2.45) is 0 Å². The molecule has 3 aromatic heterocycles. The molecule has 5 N–H and O–H groups in total. The van der Waals surface area contributed by atoms with Crippen LogP contribution in [0.25, 0.3) is 22.1 Å². The molecule has 16 heavy (non-hydrogen) atoms. The van der Waals surface area contributed by atoms with Gasteiger partial charge in [0.1, 0.15) is 10.5 Å². The maximum absolute atomic E-state index is 5.74. The first kappa shape index (κ1) is 9.43.